The number of likely N-dealkylation sites (tertiary alicyclic amines) is 1. The Balaban J connectivity index is 1.72. The van der Waals surface area contributed by atoms with Gasteiger partial charge in [-0.1, -0.05) is 18.6 Å². The molecule has 34 heavy (non-hydrogen) atoms. The first-order valence-corrected chi connectivity index (χ1v) is 11.0. The van der Waals surface area contributed by atoms with Gasteiger partial charge in [0.2, 0.25) is 5.91 Å². The second-order valence-corrected chi connectivity index (χ2v) is 8.34. The van der Waals surface area contributed by atoms with E-state index in [1.807, 2.05) is 0 Å². The van der Waals surface area contributed by atoms with Crippen LogP contribution in [0.2, 0.25) is 0 Å². The summed E-state index contributed by atoms with van der Waals surface area (Å²) in [6.45, 7) is 1.10. The molecule has 1 fully saturated rings. The lowest BCUT2D eigenvalue weighted by atomic mass is 10.0. The normalized spacial score (nSPS) is 16.1. The molecule has 9 heteroatoms. The maximum atomic E-state index is 14.4. The number of hydrogen-bond acceptors (Lipinski definition) is 5. The lowest BCUT2D eigenvalue weighted by Gasteiger charge is -2.22. The van der Waals surface area contributed by atoms with Gasteiger partial charge in [0.05, 0.1) is 12.7 Å². The third kappa shape index (κ3) is 4.92. The molecule has 2 heterocycles. The molecule has 1 saturated heterocycles. The van der Waals surface area contributed by atoms with Crippen molar-refractivity contribution in [1.29, 1.82) is 5.26 Å². The molecule has 0 bridgehead atoms. The summed E-state index contributed by atoms with van der Waals surface area (Å²) in [7, 11) is 1.38. The number of methoxy groups -OCH3 is 1. The summed E-state index contributed by atoms with van der Waals surface area (Å²) in [6.07, 6.45) is 4.40. The Morgan fingerprint density at radius 2 is 1.97 bits per heavy atom. The van der Waals surface area contributed by atoms with Crippen molar-refractivity contribution in [3.8, 4) is 34.2 Å². The van der Waals surface area contributed by atoms with E-state index in [0.717, 1.165) is 19.3 Å². The van der Waals surface area contributed by atoms with Gasteiger partial charge in [-0.3, -0.25) is 9.48 Å². The van der Waals surface area contributed by atoms with Gasteiger partial charge in [-0.25, -0.2) is 8.78 Å². The molecule has 0 radical (unpaired) electrons. The first kappa shape index (κ1) is 23.4. The highest BCUT2D eigenvalue weighted by Gasteiger charge is 2.22. The van der Waals surface area contributed by atoms with Gasteiger partial charge in [0.25, 0.3) is 0 Å². The van der Waals surface area contributed by atoms with Crippen molar-refractivity contribution in [2.45, 2.75) is 31.8 Å². The number of hydrogen-bond donors (Lipinski definition) is 1. The second kappa shape index (κ2) is 10.0. The van der Waals surface area contributed by atoms with Crippen molar-refractivity contribution in [2.75, 3.05) is 20.2 Å². The Morgan fingerprint density at radius 3 is 2.68 bits per heavy atom. The average Bonchev–Trinajstić information content (AvgIpc) is 3.11. The minimum Gasteiger partial charge on any atom is -0.494 e. The summed E-state index contributed by atoms with van der Waals surface area (Å²) in [6, 6.07) is 10.4. The van der Waals surface area contributed by atoms with E-state index in [4.69, 9.17) is 15.7 Å². The lowest BCUT2D eigenvalue weighted by Crippen LogP contribution is -2.41. The average molecular weight is 466 g/mol. The fourth-order valence-corrected chi connectivity index (χ4v) is 4.15. The molecule has 1 atom stereocenters. The number of aromatic nitrogens is 2. The van der Waals surface area contributed by atoms with Gasteiger partial charge >= 0.3 is 0 Å². The fraction of sp³-hybridized carbons (Fsp3) is 0.320. The van der Waals surface area contributed by atoms with E-state index >= 15 is 0 Å². The number of nitrogens with zero attached hydrogens (tertiary/aromatic N) is 4. The standard InChI is InChI=1S/C25H25F2N5O2/c1-34-23-8-7-16(10-22(23)27)20-14-32(15-24(33)31-9-3-2-4-19(29)13-31)30-25(20)17-5-6-18(12-28)21(26)11-17/h5-8,10-11,14,19H,2-4,9,13,15,29H2,1H3/t19-/m1/s1. The molecule has 2 N–H and O–H groups in total. The first-order valence-electron chi connectivity index (χ1n) is 11.0. The molecule has 0 unspecified atom stereocenters. The number of ether oxygens (including phenoxy) is 1. The third-order valence-corrected chi connectivity index (χ3v) is 5.95. The quantitative estimate of drug-likeness (QED) is 0.620. The summed E-state index contributed by atoms with van der Waals surface area (Å²) in [4.78, 5) is 14.7. The predicted molar refractivity (Wildman–Crippen MR) is 123 cm³/mol. The van der Waals surface area contributed by atoms with Crippen molar-refractivity contribution < 1.29 is 18.3 Å². The number of benzene rings is 2. The van der Waals surface area contributed by atoms with E-state index in [0.29, 0.717) is 35.5 Å². The molecule has 1 aromatic heterocycles. The van der Waals surface area contributed by atoms with Crippen molar-refractivity contribution in [3.05, 3.63) is 59.8 Å². The summed E-state index contributed by atoms with van der Waals surface area (Å²) >= 11 is 0. The number of nitriles is 1. The molecule has 3 aromatic rings. The Hall–Kier alpha value is -3.77. The maximum Gasteiger partial charge on any atom is 0.244 e. The first-order chi connectivity index (χ1) is 16.4. The number of halogens is 2. The van der Waals surface area contributed by atoms with E-state index in [1.54, 1.807) is 29.3 Å². The van der Waals surface area contributed by atoms with Gasteiger partial charge in [-0.15, -0.1) is 0 Å². The van der Waals surface area contributed by atoms with Gasteiger partial charge in [-0.05, 0) is 42.7 Å². The second-order valence-electron chi connectivity index (χ2n) is 8.34. The van der Waals surface area contributed by atoms with Gasteiger partial charge in [0.15, 0.2) is 11.6 Å². The van der Waals surface area contributed by atoms with Gasteiger partial charge in [0.1, 0.15) is 24.1 Å². The molecule has 1 aliphatic rings. The molecule has 7 nitrogen and oxygen atoms in total. The minimum atomic E-state index is -0.684. The van der Waals surface area contributed by atoms with Crippen LogP contribution in [-0.2, 0) is 11.3 Å². The summed E-state index contributed by atoms with van der Waals surface area (Å²) in [5.74, 6) is -1.27. The summed E-state index contributed by atoms with van der Waals surface area (Å²) in [5, 5.41) is 13.6. The number of rotatable bonds is 5. The molecule has 176 valence electrons. The van der Waals surface area contributed by atoms with Crippen molar-refractivity contribution in [3.63, 3.8) is 0 Å². The molecule has 4 rings (SSSR count). The van der Waals surface area contributed by atoms with Gasteiger partial charge < -0.3 is 15.4 Å². The van der Waals surface area contributed by atoms with E-state index in [-0.39, 0.29) is 29.8 Å². The Kier molecular flexibility index (Phi) is 6.89. The maximum absolute atomic E-state index is 14.4. The van der Waals surface area contributed by atoms with Crippen molar-refractivity contribution >= 4 is 5.91 Å². The predicted octanol–water partition coefficient (Wildman–Crippen LogP) is 3.72. The number of nitrogens with two attached hydrogens (primary N) is 1. The Labute approximate surface area is 196 Å². The van der Waals surface area contributed by atoms with Crippen LogP contribution in [0.1, 0.15) is 24.8 Å². The van der Waals surface area contributed by atoms with E-state index in [2.05, 4.69) is 5.10 Å². The molecule has 1 aliphatic heterocycles. The third-order valence-electron chi connectivity index (χ3n) is 5.95. The van der Waals surface area contributed by atoms with Crippen LogP contribution in [0, 0.1) is 23.0 Å². The van der Waals surface area contributed by atoms with Crippen LogP contribution >= 0.6 is 0 Å². The zero-order chi connectivity index (χ0) is 24.2. The molecule has 1 amide bonds. The van der Waals surface area contributed by atoms with E-state index in [1.165, 1.54) is 36.1 Å². The largest absolute Gasteiger partial charge is 0.494 e. The van der Waals surface area contributed by atoms with Crippen molar-refractivity contribution in [2.24, 2.45) is 5.73 Å². The zero-order valence-electron chi connectivity index (χ0n) is 18.8. The molecule has 0 spiro atoms. The van der Waals surface area contributed by atoms with E-state index in [9.17, 15) is 13.6 Å². The molecular formula is C25H25F2N5O2. The Morgan fingerprint density at radius 1 is 1.21 bits per heavy atom. The van der Waals surface area contributed by atoms with E-state index < -0.39 is 11.6 Å². The molecule has 0 aliphatic carbocycles. The van der Waals surface area contributed by atoms with Gasteiger partial charge in [0, 0.05) is 36.5 Å². The van der Waals surface area contributed by atoms with Crippen molar-refractivity contribution in [1.82, 2.24) is 14.7 Å². The zero-order valence-corrected chi connectivity index (χ0v) is 18.8. The van der Waals surface area contributed by atoms with Crippen LogP contribution in [-0.4, -0.2) is 46.8 Å². The smallest absolute Gasteiger partial charge is 0.244 e. The van der Waals surface area contributed by atoms with Crippen LogP contribution in [0.4, 0.5) is 8.78 Å². The monoisotopic (exact) mass is 465 g/mol. The molecular weight excluding hydrogens is 440 g/mol. The minimum absolute atomic E-state index is 0.0306. The number of carbonyl (C=O) groups excluding carboxylic acids is 1. The van der Waals surface area contributed by atoms with Gasteiger partial charge in [-0.2, -0.15) is 10.4 Å². The highest BCUT2D eigenvalue weighted by atomic mass is 19.1. The van der Waals surface area contributed by atoms with Crippen LogP contribution in [0.15, 0.2) is 42.6 Å². The highest BCUT2D eigenvalue weighted by Crippen LogP contribution is 2.34. The summed E-state index contributed by atoms with van der Waals surface area (Å²) in [5.41, 5.74) is 7.79. The topological polar surface area (TPSA) is 97.2 Å². The SMILES string of the molecule is COc1ccc(-c2cn(CC(=O)N3CCCC[C@@H](N)C3)nc2-c2ccc(C#N)c(F)c2)cc1F. The van der Waals surface area contributed by atoms with Crippen LogP contribution in [0.5, 0.6) is 5.75 Å². The number of carbonyl (C=O) groups is 1. The van der Waals surface area contributed by atoms with Crippen LogP contribution < -0.4 is 10.5 Å². The summed E-state index contributed by atoms with van der Waals surface area (Å²) < 4.78 is 35.3. The lowest BCUT2D eigenvalue weighted by molar-refractivity contribution is -0.132. The Bertz CT molecular complexity index is 1250. The number of amides is 1. The van der Waals surface area contributed by atoms with Crippen LogP contribution in [0.25, 0.3) is 22.4 Å². The highest BCUT2D eigenvalue weighted by molar-refractivity contribution is 5.82. The van der Waals surface area contributed by atoms with Crippen LogP contribution in [0.3, 0.4) is 0 Å². The molecule has 0 saturated carbocycles. The fourth-order valence-electron chi connectivity index (χ4n) is 4.15. The molecule has 2 aromatic carbocycles.